The molecule has 0 radical (unpaired) electrons. The zero-order valence-electron chi connectivity index (χ0n) is 21.6. The zero-order valence-corrected chi connectivity index (χ0v) is 22.4. The normalized spacial score (nSPS) is 18.1. The van der Waals surface area contributed by atoms with E-state index in [0.29, 0.717) is 54.0 Å². The second-order valence-corrected chi connectivity index (χ2v) is 10.2. The van der Waals surface area contributed by atoms with Crippen LogP contribution >= 0.6 is 11.6 Å². The number of methoxy groups -OCH3 is 2. The van der Waals surface area contributed by atoms with E-state index >= 15 is 0 Å². The van der Waals surface area contributed by atoms with Crippen molar-refractivity contribution < 1.29 is 28.2 Å². The lowest BCUT2D eigenvalue weighted by Gasteiger charge is -2.44. The van der Waals surface area contributed by atoms with Crippen LogP contribution in [0.1, 0.15) is 55.6 Å². The van der Waals surface area contributed by atoms with Gasteiger partial charge in [0.15, 0.2) is 23.1 Å². The van der Waals surface area contributed by atoms with Crippen molar-refractivity contribution in [3.8, 4) is 11.5 Å². The fourth-order valence-electron chi connectivity index (χ4n) is 5.81. The lowest BCUT2D eigenvalue weighted by atomic mass is 9.71. The van der Waals surface area contributed by atoms with Gasteiger partial charge in [-0.15, -0.1) is 0 Å². The highest BCUT2D eigenvalue weighted by Gasteiger charge is 2.43. The maximum Gasteiger partial charge on any atom is 0.180 e. The van der Waals surface area contributed by atoms with E-state index in [1.165, 1.54) is 13.2 Å². The van der Waals surface area contributed by atoms with Crippen LogP contribution in [0.4, 0.5) is 4.39 Å². The van der Waals surface area contributed by atoms with Crippen molar-refractivity contribution in [2.45, 2.75) is 51.0 Å². The van der Waals surface area contributed by atoms with Crippen LogP contribution in [0.5, 0.6) is 11.5 Å². The molecule has 1 aliphatic heterocycles. The Hall–Kier alpha value is -3.16. The molecule has 0 saturated heterocycles. The van der Waals surface area contributed by atoms with Crippen molar-refractivity contribution in [2.75, 3.05) is 27.4 Å². The Morgan fingerprint density at radius 3 is 2.24 bits per heavy atom. The van der Waals surface area contributed by atoms with E-state index in [0.717, 1.165) is 37.1 Å². The van der Waals surface area contributed by atoms with Gasteiger partial charge in [0.1, 0.15) is 12.4 Å². The molecule has 0 aromatic heterocycles. The summed E-state index contributed by atoms with van der Waals surface area (Å²) in [5.41, 5.74) is 4.39. The molecule has 0 bridgehead atoms. The molecule has 0 saturated carbocycles. The fraction of sp³-hybridized carbons (Fsp3) is 0.400. The first-order chi connectivity index (χ1) is 18.4. The molecule has 0 N–H and O–H groups in total. The molecule has 0 spiro atoms. The maximum atomic E-state index is 14.2. The van der Waals surface area contributed by atoms with Gasteiger partial charge in [0.25, 0.3) is 0 Å². The van der Waals surface area contributed by atoms with Gasteiger partial charge < -0.3 is 19.1 Å². The van der Waals surface area contributed by atoms with Crippen LogP contribution in [-0.2, 0) is 20.9 Å². The third kappa shape index (κ3) is 4.85. The summed E-state index contributed by atoms with van der Waals surface area (Å²) in [6.45, 7) is 1.06. The highest BCUT2D eigenvalue weighted by atomic mass is 35.5. The van der Waals surface area contributed by atoms with E-state index < -0.39 is 5.92 Å². The lowest BCUT2D eigenvalue weighted by Crippen LogP contribution is -2.40. The zero-order chi connectivity index (χ0) is 26.8. The number of carbonyl (C=O) groups is 2. The van der Waals surface area contributed by atoms with Gasteiger partial charge in [0.05, 0.1) is 18.7 Å². The maximum absolute atomic E-state index is 14.2. The Morgan fingerprint density at radius 1 is 0.974 bits per heavy atom. The van der Waals surface area contributed by atoms with Gasteiger partial charge in [0, 0.05) is 60.5 Å². The molecular weight excluding hydrogens is 509 g/mol. The van der Waals surface area contributed by atoms with Crippen molar-refractivity contribution in [1.82, 2.24) is 4.90 Å². The average molecular weight is 540 g/mol. The summed E-state index contributed by atoms with van der Waals surface area (Å²) < 4.78 is 31.1. The number of hydrogen-bond donors (Lipinski definition) is 0. The number of allylic oxidation sites excluding steroid dienone is 4. The smallest absolute Gasteiger partial charge is 0.180 e. The van der Waals surface area contributed by atoms with Gasteiger partial charge in [-0.3, -0.25) is 9.59 Å². The molecule has 200 valence electrons. The predicted molar refractivity (Wildman–Crippen MR) is 142 cm³/mol. The Labute approximate surface area is 227 Å². The third-order valence-electron chi connectivity index (χ3n) is 7.52. The molecule has 2 aromatic rings. The van der Waals surface area contributed by atoms with Crippen LogP contribution in [-0.4, -0.2) is 43.8 Å². The third-order valence-corrected chi connectivity index (χ3v) is 7.80. The van der Waals surface area contributed by atoms with Crippen LogP contribution in [0.25, 0.3) is 0 Å². The van der Waals surface area contributed by atoms with E-state index in [-0.39, 0.29) is 34.8 Å². The minimum atomic E-state index is -0.522. The molecule has 1 heterocycles. The summed E-state index contributed by atoms with van der Waals surface area (Å²) in [5.74, 6) is -0.137. The van der Waals surface area contributed by atoms with Crippen molar-refractivity contribution in [3.63, 3.8) is 0 Å². The summed E-state index contributed by atoms with van der Waals surface area (Å²) in [4.78, 5) is 29.0. The highest BCUT2D eigenvalue weighted by molar-refractivity contribution is 6.32. The summed E-state index contributed by atoms with van der Waals surface area (Å²) in [6.07, 6.45) is 3.97. The molecule has 3 aliphatic rings. The average Bonchev–Trinajstić information content (AvgIpc) is 2.91. The van der Waals surface area contributed by atoms with Gasteiger partial charge in [-0.2, -0.15) is 0 Å². The molecule has 5 rings (SSSR count). The Bertz CT molecular complexity index is 1290. The second-order valence-electron chi connectivity index (χ2n) is 9.77. The van der Waals surface area contributed by atoms with Gasteiger partial charge in [-0.1, -0.05) is 29.8 Å². The topological polar surface area (TPSA) is 65.1 Å². The predicted octanol–water partition coefficient (Wildman–Crippen LogP) is 6.13. The van der Waals surface area contributed by atoms with Crippen molar-refractivity contribution in [2.24, 2.45) is 0 Å². The van der Waals surface area contributed by atoms with Crippen molar-refractivity contribution in [3.05, 3.63) is 80.9 Å². The van der Waals surface area contributed by atoms with Gasteiger partial charge in [-0.05, 0) is 49.4 Å². The molecule has 0 amide bonds. The highest BCUT2D eigenvalue weighted by Crippen LogP contribution is 2.51. The summed E-state index contributed by atoms with van der Waals surface area (Å²) in [7, 11) is 3.16. The molecule has 8 heteroatoms. The molecule has 0 unspecified atom stereocenters. The van der Waals surface area contributed by atoms with Gasteiger partial charge in [-0.25, -0.2) is 4.39 Å². The number of ketones is 2. The van der Waals surface area contributed by atoms with Crippen LogP contribution < -0.4 is 9.47 Å². The number of hydrogen-bond acceptors (Lipinski definition) is 6. The van der Waals surface area contributed by atoms with E-state index in [4.69, 9.17) is 25.8 Å². The first kappa shape index (κ1) is 26.4. The summed E-state index contributed by atoms with van der Waals surface area (Å²) in [6, 6.07) is 9.91. The number of benzene rings is 2. The van der Waals surface area contributed by atoms with E-state index in [9.17, 15) is 14.0 Å². The first-order valence-corrected chi connectivity index (χ1v) is 13.3. The van der Waals surface area contributed by atoms with Crippen LogP contribution in [0.3, 0.4) is 0 Å². The lowest BCUT2D eigenvalue weighted by molar-refractivity contribution is -0.117. The SMILES string of the molecule is COCCN1C2=C(C(=O)CCC2)C(c2cc(Cl)c(OCc3ccccc3F)c(OC)c2)C2=C1CCCC2=O. The summed E-state index contributed by atoms with van der Waals surface area (Å²) >= 11 is 6.73. The molecule has 0 fully saturated rings. The standard InChI is InChI=1S/C30H31ClFNO5/c1-36-14-13-33-22-9-5-11-24(34)28(22)27(29-23(33)10-6-12-25(29)35)19-15-20(31)30(26(16-19)37-2)38-17-18-7-3-4-8-21(18)32/h3-4,7-8,15-16,27H,5-6,9-14,17H2,1-2H3. The first-order valence-electron chi connectivity index (χ1n) is 13.0. The van der Waals surface area contributed by atoms with Crippen LogP contribution in [0.15, 0.2) is 58.9 Å². The molecule has 2 aromatic carbocycles. The molecule has 2 aliphatic carbocycles. The molecule has 38 heavy (non-hydrogen) atoms. The molecular formula is C30H31ClFNO5. The Morgan fingerprint density at radius 2 is 1.63 bits per heavy atom. The minimum absolute atomic E-state index is 0.0262. The number of carbonyl (C=O) groups excluding carboxylic acids is 2. The van der Waals surface area contributed by atoms with Gasteiger partial charge in [0.2, 0.25) is 0 Å². The monoisotopic (exact) mass is 539 g/mol. The van der Waals surface area contributed by atoms with Crippen molar-refractivity contribution in [1.29, 1.82) is 0 Å². The molecule has 0 atom stereocenters. The number of halogens is 2. The van der Waals surface area contributed by atoms with Crippen LogP contribution in [0, 0.1) is 5.82 Å². The minimum Gasteiger partial charge on any atom is -0.493 e. The Kier molecular flexibility index (Phi) is 7.86. The van der Waals surface area contributed by atoms with Gasteiger partial charge >= 0.3 is 0 Å². The largest absolute Gasteiger partial charge is 0.493 e. The summed E-state index contributed by atoms with van der Waals surface area (Å²) in [5, 5.41) is 0.272. The van der Waals surface area contributed by atoms with Crippen molar-refractivity contribution >= 4 is 23.2 Å². The van der Waals surface area contributed by atoms with E-state index in [1.54, 1.807) is 37.4 Å². The quantitative estimate of drug-likeness (QED) is 0.402. The second kappa shape index (κ2) is 11.3. The number of ether oxygens (including phenoxy) is 3. The van der Waals surface area contributed by atoms with E-state index in [2.05, 4.69) is 4.90 Å². The number of rotatable bonds is 8. The number of Topliss-reactive ketones (excluding diaryl/α,β-unsaturated/α-hetero) is 2. The van der Waals surface area contributed by atoms with Crippen LogP contribution in [0.2, 0.25) is 5.02 Å². The van der Waals surface area contributed by atoms with E-state index in [1.807, 2.05) is 0 Å². The Balaban J connectivity index is 1.60. The molecule has 6 nitrogen and oxygen atoms in total. The fourth-order valence-corrected chi connectivity index (χ4v) is 6.09. The number of nitrogens with zero attached hydrogens (tertiary/aromatic N) is 1.